The number of anilines is 2. The second kappa shape index (κ2) is 6.60. The number of carbonyl (C=O) groups is 1. The summed E-state index contributed by atoms with van der Waals surface area (Å²) in [7, 11) is 0.415. The van der Waals surface area contributed by atoms with Gasteiger partial charge in [-0.05, 0) is 24.6 Å². The highest BCUT2D eigenvalue weighted by atomic mass is 32.2. The minimum Gasteiger partial charge on any atom is -0.397 e. The summed E-state index contributed by atoms with van der Waals surface area (Å²) in [4.78, 5) is 13.2. The number of nitrogens with two attached hydrogens (primary N) is 1. The Morgan fingerprint density at radius 3 is 2.50 bits per heavy atom. The highest BCUT2D eigenvalue weighted by Gasteiger charge is 2.10. The number of sulfone groups is 1. The third-order valence-electron chi connectivity index (χ3n) is 2.71. The van der Waals surface area contributed by atoms with E-state index in [1.165, 1.54) is 11.2 Å². The monoisotopic (exact) mass is 299 g/mol. The molecule has 7 heteroatoms. The lowest BCUT2D eigenvalue weighted by atomic mass is 10.1. The van der Waals surface area contributed by atoms with Gasteiger partial charge >= 0.3 is 0 Å². The van der Waals surface area contributed by atoms with Gasteiger partial charge in [0.2, 0.25) is 0 Å². The number of carbonyl (C=O) groups excluding carboxylic acids is 1. The number of nitrogens with one attached hydrogen (secondary N) is 1. The second-order valence-electron chi connectivity index (χ2n) is 4.91. The number of nitrogen functional groups attached to an aromatic ring is 1. The molecule has 0 spiro atoms. The minimum absolute atomic E-state index is 0.111. The molecule has 0 atom stereocenters. The Bertz CT molecular complexity index is 583. The Morgan fingerprint density at radius 2 is 2.00 bits per heavy atom. The van der Waals surface area contributed by atoms with E-state index in [1.54, 1.807) is 32.3 Å². The van der Waals surface area contributed by atoms with Crippen LogP contribution in [0.2, 0.25) is 0 Å². The van der Waals surface area contributed by atoms with Crippen LogP contribution in [0.1, 0.15) is 16.8 Å². The van der Waals surface area contributed by atoms with E-state index >= 15 is 0 Å². The van der Waals surface area contributed by atoms with E-state index in [4.69, 9.17) is 5.73 Å². The first-order valence-electron chi connectivity index (χ1n) is 6.23. The van der Waals surface area contributed by atoms with Crippen LogP contribution in [-0.2, 0) is 9.84 Å². The van der Waals surface area contributed by atoms with Gasteiger partial charge in [-0.2, -0.15) is 0 Å². The van der Waals surface area contributed by atoms with Crippen LogP contribution in [0.15, 0.2) is 18.2 Å². The Kier molecular flexibility index (Phi) is 5.38. The van der Waals surface area contributed by atoms with Crippen molar-refractivity contribution in [1.82, 2.24) is 4.90 Å². The Hall–Kier alpha value is -1.76. The summed E-state index contributed by atoms with van der Waals surface area (Å²) >= 11 is 0. The summed E-state index contributed by atoms with van der Waals surface area (Å²) in [5.74, 6) is 0.0252. The molecule has 1 aromatic carbocycles. The van der Waals surface area contributed by atoms with Crippen molar-refractivity contribution in [1.29, 1.82) is 0 Å². The highest BCUT2D eigenvalue weighted by Crippen LogP contribution is 2.20. The number of hydrogen-bond acceptors (Lipinski definition) is 5. The van der Waals surface area contributed by atoms with Gasteiger partial charge in [0.15, 0.2) is 0 Å². The molecular weight excluding hydrogens is 278 g/mol. The van der Waals surface area contributed by atoms with E-state index in [0.717, 1.165) is 0 Å². The molecule has 0 aliphatic heterocycles. The topological polar surface area (TPSA) is 92.5 Å². The molecule has 0 bridgehead atoms. The van der Waals surface area contributed by atoms with Crippen molar-refractivity contribution in [2.45, 2.75) is 6.42 Å². The Labute approximate surface area is 119 Å². The number of rotatable bonds is 6. The van der Waals surface area contributed by atoms with E-state index < -0.39 is 9.84 Å². The number of hydrogen-bond donors (Lipinski definition) is 2. The molecule has 0 unspecified atom stereocenters. The van der Waals surface area contributed by atoms with Crippen molar-refractivity contribution >= 4 is 27.1 Å². The molecule has 6 nitrogen and oxygen atoms in total. The number of nitrogens with zero attached hydrogens (tertiary/aromatic N) is 1. The van der Waals surface area contributed by atoms with Crippen LogP contribution < -0.4 is 11.1 Å². The third kappa shape index (κ3) is 5.08. The average Bonchev–Trinajstić information content (AvgIpc) is 2.33. The standard InChI is InChI=1S/C13H21N3O3S/c1-16(2)13(17)10-5-6-12(11(14)9-10)15-7-4-8-20(3,18)19/h5-6,9,15H,4,7-8,14H2,1-3H3. The summed E-state index contributed by atoms with van der Waals surface area (Å²) in [5.41, 5.74) is 7.57. The fourth-order valence-electron chi connectivity index (χ4n) is 1.67. The largest absolute Gasteiger partial charge is 0.397 e. The molecule has 0 radical (unpaired) electrons. The zero-order valence-corrected chi connectivity index (χ0v) is 12.8. The molecule has 1 aromatic rings. The van der Waals surface area contributed by atoms with Crippen LogP contribution in [0.5, 0.6) is 0 Å². The first kappa shape index (κ1) is 16.3. The molecule has 0 saturated heterocycles. The first-order valence-corrected chi connectivity index (χ1v) is 8.29. The average molecular weight is 299 g/mol. The van der Waals surface area contributed by atoms with Crippen LogP contribution in [0.4, 0.5) is 11.4 Å². The Morgan fingerprint density at radius 1 is 1.35 bits per heavy atom. The number of amides is 1. The van der Waals surface area contributed by atoms with Crippen molar-refractivity contribution in [3.8, 4) is 0 Å². The van der Waals surface area contributed by atoms with Gasteiger partial charge in [-0.1, -0.05) is 0 Å². The van der Waals surface area contributed by atoms with Crippen LogP contribution in [-0.4, -0.2) is 51.9 Å². The van der Waals surface area contributed by atoms with Crippen molar-refractivity contribution in [3.63, 3.8) is 0 Å². The van der Waals surface area contributed by atoms with Crippen LogP contribution in [0.25, 0.3) is 0 Å². The molecule has 0 heterocycles. The Balaban J connectivity index is 2.63. The lowest BCUT2D eigenvalue weighted by Gasteiger charge is -2.13. The van der Waals surface area contributed by atoms with Gasteiger partial charge in [0.1, 0.15) is 9.84 Å². The molecule has 0 saturated carbocycles. The summed E-state index contributed by atoms with van der Waals surface area (Å²) < 4.78 is 22.0. The maximum Gasteiger partial charge on any atom is 0.253 e. The fraction of sp³-hybridized carbons (Fsp3) is 0.462. The van der Waals surface area contributed by atoms with Crippen molar-refractivity contribution in [3.05, 3.63) is 23.8 Å². The van der Waals surface area contributed by atoms with Crippen LogP contribution in [0.3, 0.4) is 0 Å². The molecular formula is C13H21N3O3S. The van der Waals surface area contributed by atoms with Gasteiger partial charge in [-0.3, -0.25) is 4.79 Å². The molecule has 0 aliphatic carbocycles. The van der Waals surface area contributed by atoms with Crippen LogP contribution >= 0.6 is 0 Å². The van der Waals surface area contributed by atoms with Gasteiger partial charge in [0.05, 0.1) is 17.1 Å². The molecule has 1 amide bonds. The lowest BCUT2D eigenvalue weighted by molar-refractivity contribution is 0.0827. The minimum atomic E-state index is -2.94. The zero-order chi connectivity index (χ0) is 15.3. The highest BCUT2D eigenvalue weighted by molar-refractivity contribution is 7.90. The molecule has 3 N–H and O–H groups in total. The molecule has 1 rings (SSSR count). The third-order valence-corrected chi connectivity index (χ3v) is 3.74. The molecule has 0 fully saturated rings. The first-order chi connectivity index (χ1) is 9.20. The van der Waals surface area contributed by atoms with E-state index in [1.807, 2.05) is 0 Å². The number of benzene rings is 1. The lowest BCUT2D eigenvalue weighted by Crippen LogP contribution is -2.21. The molecule has 112 valence electrons. The van der Waals surface area contributed by atoms with Crippen LogP contribution in [0, 0.1) is 0 Å². The second-order valence-corrected chi connectivity index (χ2v) is 7.17. The van der Waals surface area contributed by atoms with E-state index in [9.17, 15) is 13.2 Å². The summed E-state index contributed by atoms with van der Waals surface area (Å²) in [6.07, 6.45) is 1.72. The fourth-order valence-corrected chi connectivity index (χ4v) is 2.34. The molecule has 20 heavy (non-hydrogen) atoms. The van der Waals surface area contributed by atoms with Gasteiger partial charge in [0.25, 0.3) is 5.91 Å². The molecule has 0 aromatic heterocycles. The normalized spacial score (nSPS) is 11.2. The van der Waals surface area contributed by atoms with Gasteiger partial charge in [-0.25, -0.2) is 8.42 Å². The summed E-state index contributed by atoms with van der Waals surface area (Å²) in [6, 6.07) is 5.03. The quantitative estimate of drug-likeness (QED) is 0.599. The SMILES string of the molecule is CN(C)C(=O)c1ccc(NCCCS(C)(=O)=O)c(N)c1. The summed E-state index contributed by atoms with van der Waals surface area (Å²) in [6.45, 7) is 0.512. The van der Waals surface area contributed by atoms with Crippen molar-refractivity contribution < 1.29 is 13.2 Å². The smallest absolute Gasteiger partial charge is 0.253 e. The van der Waals surface area contributed by atoms with Gasteiger partial charge in [-0.15, -0.1) is 0 Å². The van der Waals surface area contributed by atoms with Crippen molar-refractivity contribution in [2.75, 3.05) is 43.7 Å². The van der Waals surface area contributed by atoms with Gasteiger partial charge in [0, 0.05) is 32.5 Å². The predicted molar refractivity (Wildman–Crippen MR) is 81.7 cm³/mol. The van der Waals surface area contributed by atoms with E-state index in [2.05, 4.69) is 5.32 Å². The van der Waals surface area contributed by atoms with E-state index in [-0.39, 0.29) is 11.7 Å². The summed E-state index contributed by atoms with van der Waals surface area (Å²) in [5, 5.41) is 3.07. The van der Waals surface area contributed by atoms with Gasteiger partial charge < -0.3 is 16.0 Å². The van der Waals surface area contributed by atoms with E-state index in [0.29, 0.717) is 29.9 Å². The maximum absolute atomic E-state index is 11.8. The zero-order valence-electron chi connectivity index (χ0n) is 12.0. The predicted octanol–water partition coefficient (Wildman–Crippen LogP) is 0.817. The maximum atomic E-state index is 11.8. The molecule has 0 aliphatic rings. The van der Waals surface area contributed by atoms with Crippen molar-refractivity contribution in [2.24, 2.45) is 0 Å².